The number of piperidine rings is 2. The van der Waals surface area contributed by atoms with Crippen molar-refractivity contribution in [1.82, 2.24) is 9.21 Å². The second-order valence-electron chi connectivity index (χ2n) is 9.68. The van der Waals surface area contributed by atoms with Crippen molar-refractivity contribution in [3.63, 3.8) is 0 Å². The molecule has 196 valence electrons. The van der Waals surface area contributed by atoms with Gasteiger partial charge in [0.1, 0.15) is 22.1 Å². The Morgan fingerprint density at radius 2 is 1.67 bits per heavy atom. The van der Waals surface area contributed by atoms with E-state index in [1.165, 1.54) is 24.6 Å². The lowest BCUT2D eigenvalue weighted by Gasteiger charge is -2.42. The number of hydrogen-bond acceptors (Lipinski definition) is 6. The summed E-state index contributed by atoms with van der Waals surface area (Å²) in [4.78, 5) is 15.3. The van der Waals surface area contributed by atoms with Crippen LogP contribution < -0.4 is 14.2 Å². The van der Waals surface area contributed by atoms with Gasteiger partial charge in [-0.2, -0.15) is 4.31 Å². The molecule has 2 aliphatic rings. The van der Waals surface area contributed by atoms with Gasteiger partial charge < -0.3 is 19.1 Å². The van der Waals surface area contributed by atoms with Crippen molar-refractivity contribution in [2.24, 2.45) is 5.41 Å². The monoisotopic (exact) mass is 516 g/mol. The first-order valence-corrected chi connectivity index (χ1v) is 14.0. The molecule has 0 spiro atoms. The molecule has 0 aliphatic carbocycles. The zero-order valence-electron chi connectivity index (χ0n) is 21.1. The number of nitrogens with zero attached hydrogens (tertiary/aromatic N) is 2. The number of rotatable bonds is 9. The van der Waals surface area contributed by atoms with Gasteiger partial charge in [-0.1, -0.05) is 18.2 Å². The van der Waals surface area contributed by atoms with Crippen LogP contribution in [0.15, 0.2) is 53.4 Å². The fourth-order valence-corrected chi connectivity index (χ4v) is 6.90. The first-order chi connectivity index (χ1) is 17.4. The molecule has 0 radical (unpaired) electrons. The molecule has 0 saturated carbocycles. The number of carbonyl (C=O) groups excluding carboxylic acids is 1. The normalized spacial score (nSPS) is 21.1. The molecule has 1 amide bonds. The molecule has 0 bridgehead atoms. The van der Waals surface area contributed by atoms with Crippen molar-refractivity contribution in [2.75, 3.05) is 47.0 Å². The Labute approximate surface area is 214 Å². The third-order valence-corrected chi connectivity index (χ3v) is 9.00. The number of para-hydroxylation sites is 1. The van der Waals surface area contributed by atoms with Crippen LogP contribution >= 0.6 is 0 Å². The standard InChI is InChI=1S/C27H36N2O6S/c1-33-23-12-13-24(34-2)25(18-23)36(31,32)29-17-9-14-27(20-29,21-35-22-10-5-3-6-11-22)19-26(30)28-15-7-4-8-16-28/h3,5-6,10-13,18H,4,7-9,14-17,19-21H2,1-2H3. The second-order valence-corrected chi connectivity index (χ2v) is 11.6. The van der Waals surface area contributed by atoms with Gasteiger partial charge in [0.25, 0.3) is 0 Å². The molecule has 9 heteroatoms. The molecule has 2 fully saturated rings. The Bertz CT molecular complexity index is 1130. The molecule has 0 N–H and O–H groups in total. The molecule has 1 atom stereocenters. The van der Waals surface area contributed by atoms with E-state index in [4.69, 9.17) is 14.2 Å². The van der Waals surface area contributed by atoms with Crippen LogP contribution in [0.5, 0.6) is 17.2 Å². The Morgan fingerprint density at radius 1 is 0.917 bits per heavy atom. The van der Waals surface area contributed by atoms with Crippen LogP contribution in [-0.2, 0) is 14.8 Å². The maximum Gasteiger partial charge on any atom is 0.246 e. The summed E-state index contributed by atoms with van der Waals surface area (Å²) >= 11 is 0. The van der Waals surface area contributed by atoms with Gasteiger partial charge in [0.15, 0.2) is 0 Å². The van der Waals surface area contributed by atoms with E-state index in [1.54, 1.807) is 12.1 Å². The molecule has 0 aromatic heterocycles. The number of methoxy groups -OCH3 is 2. The minimum Gasteiger partial charge on any atom is -0.497 e. The maximum absolute atomic E-state index is 13.8. The molecular weight excluding hydrogens is 480 g/mol. The Hall–Kier alpha value is -2.78. The van der Waals surface area contributed by atoms with Crippen molar-refractivity contribution in [3.05, 3.63) is 48.5 Å². The fourth-order valence-electron chi connectivity index (χ4n) is 5.13. The average molecular weight is 517 g/mol. The zero-order valence-corrected chi connectivity index (χ0v) is 22.0. The summed E-state index contributed by atoms with van der Waals surface area (Å²) in [5.74, 6) is 1.48. The second kappa shape index (κ2) is 11.5. The Balaban J connectivity index is 1.62. The Morgan fingerprint density at radius 3 is 2.36 bits per heavy atom. The van der Waals surface area contributed by atoms with Gasteiger partial charge in [-0.05, 0) is 56.4 Å². The van der Waals surface area contributed by atoms with Crippen molar-refractivity contribution in [3.8, 4) is 17.2 Å². The lowest BCUT2D eigenvalue weighted by molar-refractivity contribution is -0.136. The smallest absolute Gasteiger partial charge is 0.246 e. The molecule has 4 rings (SSSR count). The summed E-state index contributed by atoms with van der Waals surface area (Å²) in [6.07, 6.45) is 4.75. The number of amides is 1. The van der Waals surface area contributed by atoms with Crippen LogP contribution in [0.2, 0.25) is 0 Å². The van der Waals surface area contributed by atoms with E-state index in [9.17, 15) is 13.2 Å². The number of hydrogen-bond donors (Lipinski definition) is 0. The van der Waals surface area contributed by atoms with Crippen LogP contribution in [0, 0.1) is 5.41 Å². The van der Waals surface area contributed by atoms with Gasteiger partial charge in [-0.3, -0.25) is 4.79 Å². The lowest BCUT2D eigenvalue weighted by Crippen LogP contribution is -2.51. The highest BCUT2D eigenvalue weighted by atomic mass is 32.2. The summed E-state index contributed by atoms with van der Waals surface area (Å²) < 4.78 is 46.0. The minimum atomic E-state index is -3.90. The molecule has 2 aromatic rings. The number of carbonyl (C=O) groups is 1. The van der Waals surface area contributed by atoms with Crippen LogP contribution in [0.4, 0.5) is 0 Å². The van der Waals surface area contributed by atoms with Gasteiger partial charge in [-0.15, -0.1) is 0 Å². The summed E-state index contributed by atoms with van der Waals surface area (Å²) in [6.45, 7) is 2.35. The van der Waals surface area contributed by atoms with Gasteiger partial charge in [0.05, 0.1) is 20.8 Å². The molecule has 36 heavy (non-hydrogen) atoms. The van der Waals surface area contributed by atoms with E-state index >= 15 is 0 Å². The molecule has 2 heterocycles. The van der Waals surface area contributed by atoms with Crippen LogP contribution in [0.1, 0.15) is 38.5 Å². The topological polar surface area (TPSA) is 85.4 Å². The molecule has 2 saturated heterocycles. The van der Waals surface area contributed by atoms with E-state index in [1.807, 2.05) is 35.2 Å². The quantitative estimate of drug-likeness (QED) is 0.502. The summed E-state index contributed by atoms with van der Waals surface area (Å²) in [6, 6.07) is 14.2. The number of benzene rings is 2. The van der Waals surface area contributed by atoms with Crippen molar-refractivity contribution < 1.29 is 27.4 Å². The molecule has 8 nitrogen and oxygen atoms in total. The zero-order chi connectivity index (χ0) is 25.6. The average Bonchev–Trinajstić information content (AvgIpc) is 2.92. The summed E-state index contributed by atoms with van der Waals surface area (Å²) in [5.41, 5.74) is -0.637. The van der Waals surface area contributed by atoms with E-state index < -0.39 is 15.4 Å². The molecule has 2 aromatic carbocycles. The largest absolute Gasteiger partial charge is 0.497 e. The number of sulfonamides is 1. The molecular formula is C27H36N2O6S. The Kier molecular flexibility index (Phi) is 8.41. The van der Waals surface area contributed by atoms with Crippen molar-refractivity contribution >= 4 is 15.9 Å². The predicted octanol–water partition coefficient (Wildman–Crippen LogP) is 3.96. The highest BCUT2D eigenvalue weighted by molar-refractivity contribution is 7.89. The fraction of sp³-hybridized carbons (Fsp3) is 0.519. The number of likely N-dealkylation sites (tertiary alicyclic amines) is 1. The lowest BCUT2D eigenvalue weighted by atomic mass is 9.78. The van der Waals surface area contributed by atoms with E-state index in [2.05, 4.69) is 0 Å². The van der Waals surface area contributed by atoms with E-state index in [0.29, 0.717) is 30.9 Å². The van der Waals surface area contributed by atoms with Crippen LogP contribution in [0.25, 0.3) is 0 Å². The van der Waals surface area contributed by atoms with Gasteiger partial charge >= 0.3 is 0 Å². The van der Waals surface area contributed by atoms with Crippen molar-refractivity contribution in [1.29, 1.82) is 0 Å². The first kappa shape index (κ1) is 26.3. The third-order valence-electron chi connectivity index (χ3n) is 7.14. The van der Waals surface area contributed by atoms with Crippen LogP contribution in [-0.4, -0.2) is 70.5 Å². The SMILES string of the molecule is COc1ccc(OC)c(S(=O)(=O)N2CCCC(COc3ccccc3)(CC(=O)N3CCCCC3)C2)c1. The highest BCUT2D eigenvalue weighted by Gasteiger charge is 2.44. The van der Waals surface area contributed by atoms with Gasteiger partial charge in [0, 0.05) is 44.1 Å². The van der Waals surface area contributed by atoms with Crippen LogP contribution in [0.3, 0.4) is 0 Å². The predicted molar refractivity (Wildman–Crippen MR) is 137 cm³/mol. The first-order valence-electron chi connectivity index (χ1n) is 12.5. The minimum absolute atomic E-state index is 0.0616. The number of ether oxygens (including phenoxy) is 3. The maximum atomic E-state index is 13.8. The molecule has 1 unspecified atom stereocenters. The third kappa shape index (κ3) is 5.95. The summed E-state index contributed by atoms with van der Waals surface area (Å²) in [5, 5.41) is 0. The van der Waals surface area contributed by atoms with E-state index in [-0.39, 0.29) is 36.1 Å². The van der Waals surface area contributed by atoms with Crippen molar-refractivity contribution in [2.45, 2.75) is 43.4 Å². The van der Waals surface area contributed by atoms with Gasteiger partial charge in [0.2, 0.25) is 15.9 Å². The highest BCUT2D eigenvalue weighted by Crippen LogP contribution is 2.39. The summed E-state index contributed by atoms with van der Waals surface area (Å²) in [7, 11) is -0.956. The molecule has 2 aliphatic heterocycles. The van der Waals surface area contributed by atoms with E-state index in [0.717, 1.165) is 32.4 Å². The van der Waals surface area contributed by atoms with Gasteiger partial charge in [-0.25, -0.2) is 8.42 Å².